The Balaban J connectivity index is 2.41. The molecule has 0 aliphatic carbocycles. The summed E-state index contributed by atoms with van der Waals surface area (Å²) in [6, 6.07) is 5.31. The summed E-state index contributed by atoms with van der Waals surface area (Å²) < 4.78 is 6.91. The minimum atomic E-state index is 0.597. The minimum absolute atomic E-state index is 0.597. The van der Waals surface area contributed by atoms with E-state index in [4.69, 9.17) is 22.1 Å². The van der Waals surface area contributed by atoms with Crippen LogP contribution in [-0.4, -0.2) is 33.9 Å². The highest BCUT2D eigenvalue weighted by atomic mass is 35.5. The Hall–Kier alpha value is -1.66. The van der Waals surface area contributed by atoms with Crippen molar-refractivity contribution in [2.45, 2.75) is 12.8 Å². The average molecular weight is 268 g/mol. The van der Waals surface area contributed by atoms with Crippen LogP contribution in [0.25, 0.3) is 5.69 Å². The van der Waals surface area contributed by atoms with Crippen LogP contribution in [0.4, 0.5) is 0 Å². The monoisotopic (exact) mass is 267 g/mol. The van der Waals surface area contributed by atoms with Gasteiger partial charge in [-0.15, -0.1) is 5.10 Å². The number of benzene rings is 1. The lowest BCUT2D eigenvalue weighted by Crippen LogP contribution is -2.08. The molecule has 0 atom stereocenters. The van der Waals surface area contributed by atoms with Gasteiger partial charge in [-0.1, -0.05) is 11.6 Å². The molecular weight excluding hydrogens is 254 g/mol. The van der Waals surface area contributed by atoms with Gasteiger partial charge in [0.2, 0.25) is 0 Å². The zero-order valence-corrected chi connectivity index (χ0v) is 10.8. The van der Waals surface area contributed by atoms with E-state index in [1.807, 2.05) is 0 Å². The van der Waals surface area contributed by atoms with Crippen LogP contribution in [0.5, 0.6) is 5.75 Å². The highest BCUT2D eigenvalue weighted by molar-refractivity contribution is 6.30. The lowest BCUT2D eigenvalue weighted by Gasteiger charge is -2.09. The highest BCUT2D eigenvalue weighted by Crippen LogP contribution is 2.26. The molecule has 0 fully saturated rings. The second-order valence-corrected chi connectivity index (χ2v) is 4.15. The van der Waals surface area contributed by atoms with E-state index in [0.717, 1.165) is 17.9 Å². The van der Waals surface area contributed by atoms with Gasteiger partial charge >= 0.3 is 0 Å². The number of aromatic nitrogens is 4. The van der Waals surface area contributed by atoms with Crippen molar-refractivity contribution in [2.24, 2.45) is 5.73 Å². The summed E-state index contributed by atoms with van der Waals surface area (Å²) in [6.07, 6.45) is 1.53. The molecule has 1 heterocycles. The first-order valence-corrected chi connectivity index (χ1v) is 5.95. The van der Waals surface area contributed by atoms with E-state index in [9.17, 15) is 0 Å². The van der Waals surface area contributed by atoms with Crippen LogP contribution >= 0.6 is 11.6 Å². The highest BCUT2D eigenvalue weighted by Gasteiger charge is 2.12. The van der Waals surface area contributed by atoms with Gasteiger partial charge in [0.25, 0.3) is 0 Å². The molecule has 2 aromatic rings. The Labute approximate surface area is 110 Å². The molecule has 2 rings (SSSR count). The van der Waals surface area contributed by atoms with Gasteiger partial charge in [0, 0.05) is 11.4 Å². The molecule has 18 heavy (non-hydrogen) atoms. The standard InChI is InChI=1S/C11H14ClN5O/c1-18-10-5-4-8(12)7-9(10)17-11(3-2-6-13)14-15-16-17/h4-5,7H,2-3,6,13H2,1H3. The van der Waals surface area contributed by atoms with Crippen LogP contribution in [0.1, 0.15) is 12.2 Å². The fraction of sp³-hybridized carbons (Fsp3) is 0.364. The van der Waals surface area contributed by atoms with Crippen LogP contribution in [0.15, 0.2) is 18.2 Å². The topological polar surface area (TPSA) is 78.8 Å². The number of hydrogen-bond acceptors (Lipinski definition) is 5. The van der Waals surface area contributed by atoms with E-state index in [1.54, 1.807) is 30.0 Å². The third kappa shape index (κ3) is 2.60. The largest absolute Gasteiger partial charge is 0.494 e. The predicted octanol–water partition coefficient (Wildman–Crippen LogP) is 1.22. The number of tetrazole rings is 1. The summed E-state index contributed by atoms with van der Waals surface area (Å²) in [6.45, 7) is 0.597. The Kier molecular flexibility index (Phi) is 4.11. The van der Waals surface area contributed by atoms with E-state index in [1.165, 1.54) is 0 Å². The fourth-order valence-electron chi connectivity index (χ4n) is 1.64. The average Bonchev–Trinajstić information content (AvgIpc) is 2.84. The molecule has 0 saturated carbocycles. The van der Waals surface area contributed by atoms with Gasteiger partial charge in [-0.2, -0.15) is 4.68 Å². The number of hydrogen-bond donors (Lipinski definition) is 1. The molecule has 0 saturated heterocycles. The number of ether oxygens (including phenoxy) is 1. The van der Waals surface area contributed by atoms with E-state index in [-0.39, 0.29) is 0 Å². The van der Waals surface area contributed by atoms with Gasteiger partial charge in [0.1, 0.15) is 11.4 Å². The van der Waals surface area contributed by atoms with E-state index in [0.29, 0.717) is 23.7 Å². The smallest absolute Gasteiger partial charge is 0.156 e. The van der Waals surface area contributed by atoms with Gasteiger partial charge in [0.05, 0.1) is 7.11 Å². The molecule has 0 amide bonds. The zero-order chi connectivity index (χ0) is 13.0. The summed E-state index contributed by atoms with van der Waals surface area (Å²) in [5.74, 6) is 1.40. The third-order valence-electron chi connectivity index (χ3n) is 2.51. The van der Waals surface area contributed by atoms with E-state index >= 15 is 0 Å². The summed E-state index contributed by atoms with van der Waals surface area (Å²) in [7, 11) is 1.59. The fourth-order valence-corrected chi connectivity index (χ4v) is 1.80. The van der Waals surface area contributed by atoms with Crippen LogP contribution < -0.4 is 10.5 Å². The second-order valence-electron chi connectivity index (χ2n) is 3.72. The Morgan fingerprint density at radius 3 is 3.00 bits per heavy atom. The molecule has 6 nitrogen and oxygen atoms in total. The Morgan fingerprint density at radius 2 is 2.28 bits per heavy atom. The van der Waals surface area contributed by atoms with Crippen molar-refractivity contribution in [3.8, 4) is 11.4 Å². The summed E-state index contributed by atoms with van der Waals surface area (Å²) in [5, 5.41) is 12.2. The van der Waals surface area contributed by atoms with Gasteiger partial charge in [-0.3, -0.25) is 0 Å². The maximum Gasteiger partial charge on any atom is 0.156 e. The van der Waals surface area contributed by atoms with Crippen molar-refractivity contribution in [3.05, 3.63) is 29.0 Å². The molecule has 0 aliphatic rings. The molecule has 0 aliphatic heterocycles. The Morgan fingerprint density at radius 1 is 1.44 bits per heavy atom. The zero-order valence-electron chi connectivity index (χ0n) is 10.0. The van der Waals surface area contributed by atoms with E-state index in [2.05, 4.69) is 15.5 Å². The van der Waals surface area contributed by atoms with Crippen molar-refractivity contribution in [1.29, 1.82) is 0 Å². The van der Waals surface area contributed by atoms with Gasteiger partial charge in [-0.05, 0) is 41.6 Å². The molecule has 7 heteroatoms. The Bertz CT molecular complexity index is 528. The summed E-state index contributed by atoms with van der Waals surface area (Å²) in [5.41, 5.74) is 6.21. The van der Waals surface area contributed by atoms with Crippen LogP contribution in [0.2, 0.25) is 5.02 Å². The second kappa shape index (κ2) is 5.79. The number of nitrogens with zero attached hydrogens (tertiary/aromatic N) is 4. The minimum Gasteiger partial charge on any atom is -0.494 e. The van der Waals surface area contributed by atoms with Crippen LogP contribution in [0.3, 0.4) is 0 Å². The number of halogens is 1. The van der Waals surface area contributed by atoms with Crippen molar-refractivity contribution < 1.29 is 4.74 Å². The van der Waals surface area contributed by atoms with Crippen LogP contribution in [0, 0.1) is 0 Å². The number of nitrogens with two attached hydrogens (primary N) is 1. The lowest BCUT2D eigenvalue weighted by molar-refractivity contribution is 0.411. The van der Waals surface area contributed by atoms with Crippen molar-refractivity contribution in [1.82, 2.24) is 20.2 Å². The van der Waals surface area contributed by atoms with Gasteiger partial charge < -0.3 is 10.5 Å². The van der Waals surface area contributed by atoms with E-state index < -0.39 is 0 Å². The van der Waals surface area contributed by atoms with Crippen molar-refractivity contribution in [2.75, 3.05) is 13.7 Å². The maximum absolute atomic E-state index is 5.99. The van der Waals surface area contributed by atoms with Crippen molar-refractivity contribution >= 4 is 11.6 Å². The third-order valence-corrected chi connectivity index (χ3v) is 2.74. The van der Waals surface area contributed by atoms with Gasteiger partial charge in [-0.25, -0.2) is 0 Å². The molecule has 1 aromatic heterocycles. The van der Waals surface area contributed by atoms with Crippen LogP contribution in [-0.2, 0) is 6.42 Å². The first-order chi connectivity index (χ1) is 8.76. The lowest BCUT2D eigenvalue weighted by atomic mass is 10.2. The normalized spacial score (nSPS) is 10.6. The molecule has 2 N–H and O–H groups in total. The number of methoxy groups -OCH3 is 1. The maximum atomic E-state index is 5.99. The molecule has 96 valence electrons. The van der Waals surface area contributed by atoms with Gasteiger partial charge in [0.15, 0.2) is 5.82 Å². The molecule has 0 radical (unpaired) electrons. The first-order valence-electron chi connectivity index (χ1n) is 5.57. The predicted molar refractivity (Wildman–Crippen MR) is 68.1 cm³/mol. The SMILES string of the molecule is COc1ccc(Cl)cc1-n1nnnc1CCCN. The molecule has 0 spiro atoms. The molecular formula is C11H14ClN5O. The summed E-state index contributed by atoms with van der Waals surface area (Å²) in [4.78, 5) is 0. The number of rotatable bonds is 5. The molecule has 1 aromatic carbocycles. The molecule has 0 bridgehead atoms. The summed E-state index contributed by atoms with van der Waals surface area (Å²) >= 11 is 5.99. The first kappa shape index (κ1) is 12.8. The quantitative estimate of drug-likeness (QED) is 0.881. The van der Waals surface area contributed by atoms with Crippen molar-refractivity contribution in [3.63, 3.8) is 0 Å². The number of aryl methyl sites for hydroxylation is 1. The molecule has 0 unspecified atom stereocenters.